The van der Waals surface area contributed by atoms with Crippen LogP contribution in [0.1, 0.15) is 12.7 Å². The van der Waals surface area contributed by atoms with Crippen LogP contribution in [0.25, 0.3) is 77.2 Å². The van der Waals surface area contributed by atoms with Gasteiger partial charge in [0, 0.05) is 11.3 Å². The molecule has 0 amide bonds. The first-order chi connectivity index (χ1) is 23.7. The van der Waals surface area contributed by atoms with Crippen LogP contribution in [0.3, 0.4) is 0 Å². The van der Waals surface area contributed by atoms with E-state index in [0.717, 1.165) is 28.1 Å². The van der Waals surface area contributed by atoms with Gasteiger partial charge in [0.25, 0.3) is 0 Å². The average molecular weight is 615 g/mol. The SMILES string of the molecule is C=C/C=C\C(=C/C)c1nc2ccccc2n1-c1ccc(-c2c3ccccc3c(-c3ccccc3)c3ccc(-c4ccccc4)cc23)cc1. The van der Waals surface area contributed by atoms with Crippen LogP contribution < -0.4 is 0 Å². The van der Waals surface area contributed by atoms with E-state index in [1.165, 1.54) is 54.9 Å². The molecule has 0 radical (unpaired) electrons. The first kappa shape index (κ1) is 29.2. The van der Waals surface area contributed by atoms with Crippen LogP contribution in [0, 0.1) is 0 Å². The average Bonchev–Trinajstić information content (AvgIpc) is 3.54. The lowest BCUT2D eigenvalue weighted by molar-refractivity contribution is 1.06. The maximum absolute atomic E-state index is 5.06. The Morgan fingerprint density at radius 1 is 0.562 bits per heavy atom. The summed E-state index contributed by atoms with van der Waals surface area (Å²) in [6.07, 6.45) is 7.92. The molecule has 0 fully saturated rings. The molecule has 0 unspecified atom stereocenters. The van der Waals surface area contributed by atoms with Gasteiger partial charge in [-0.15, -0.1) is 0 Å². The summed E-state index contributed by atoms with van der Waals surface area (Å²) in [6, 6.07) is 54.5. The highest BCUT2D eigenvalue weighted by molar-refractivity contribution is 6.22. The van der Waals surface area contributed by atoms with E-state index < -0.39 is 0 Å². The number of rotatable bonds is 7. The van der Waals surface area contributed by atoms with Crippen LogP contribution in [0.2, 0.25) is 0 Å². The first-order valence-electron chi connectivity index (χ1n) is 16.4. The second-order valence-corrected chi connectivity index (χ2v) is 11.9. The summed E-state index contributed by atoms with van der Waals surface area (Å²) in [4.78, 5) is 5.06. The zero-order chi connectivity index (χ0) is 32.5. The van der Waals surface area contributed by atoms with Crippen LogP contribution >= 0.6 is 0 Å². The zero-order valence-electron chi connectivity index (χ0n) is 26.8. The van der Waals surface area contributed by atoms with Crippen molar-refractivity contribution in [1.82, 2.24) is 9.55 Å². The van der Waals surface area contributed by atoms with Gasteiger partial charge in [-0.1, -0.05) is 152 Å². The van der Waals surface area contributed by atoms with Crippen molar-refractivity contribution in [3.8, 4) is 39.1 Å². The number of nitrogens with zero attached hydrogens (tertiary/aromatic N) is 2. The van der Waals surface area contributed by atoms with Crippen molar-refractivity contribution >= 4 is 38.2 Å². The van der Waals surface area contributed by atoms with E-state index in [9.17, 15) is 0 Å². The molecule has 7 aromatic carbocycles. The van der Waals surface area contributed by atoms with Gasteiger partial charge in [0.15, 0.2) is 0 Å². The Morgan fingerprint density at radius 2 is 1.12 bits per heavy atom. The van der Waals surface area contributed by atoms with Gasteiger partial charge in [0.2, 0.25) is 0 Å². The molecule has 2 heteroatoms. The predicted molar refractivity (Wildman–Crippen MR) is 205 cm³/mol. The Labute approximate surface area is 281 Å². The van der Waals surface area contributed by atoms with Crippen LogP contribution in [-0.4, -0.2) is 9.55 Å². The number of benzene rings is 7. The zero-order valence-corrected chi connectivity index (χ0v) is 26.8. The molecule has 0 aliphatic rings. The summed E-state index contributed by atoms with van der Waals surface area (Å²) >= 11 is 0. The minimum absolute atomic E-state index is 0.903. The second kappa shape index (κ2) is 12.5. The van der Waals surface area contributed by atoms with Crippen molar-refractivity contribution in [2.45, 2.75) is 6.92 Å². The van der Waals surface area contributed by atoms with Crippen LogP contribution in [0.5, 0.6) is 0 Å². The van der Waals surface area contributed by atoms with Gasteiger partial charge >= 0.3 is 0 Å². The minimum atomic E-state index is 0.903. The normalized spacial score (nSPS) is 12.0. The lowest BCUT2D eigenvalue weighted by Gasteiger charge is -2.19. The molecule has 2 nitrogen and oxygen atoms in total. The Hall–Kier alpha value is -6.25. The van der Waals surface area contributed by atoms with Crippen LogP contribution in [0.4, 0.5) is 0 Å². The van der Waals surface area contributed by atoms with Gasteiger partial charge < -0.3 is 0 Å². The van der Waals surface area contributed by atoms with E-state index in [-0.39, 0.29) is 0 Å². The molecule has 0 saturated heterocycles. The highest BCUT2D eigenvalue weighted by atomic mass is 15.1. The van der Waals surface area contributed by atoms with E-state index in [0.29, 0.717) is 0 Å². The largest absolute Gasteiger partial charge is 0.292 e. The Morgan fingerprint density at radius 3 is 1.81 bits per heavy atom. The molecular weight excluding hydrogens is 581 g/mol. The summed E-state index contributed by atoms with van der Waals surface area (Å²) in [6.45, 7) is 5.92. The summed E-state index contributed by atoms with van der Waals surface area (Å²) in [7, 11) is 0. The van der Waals surface area contributed by atoms with Gasteiger partial charge in [-0.3, -0.25) is 4.57 Å². The first-order valence-corrected chi connectivity index (χ1v) is 16.4. The predicted octanol–water partition coefficient (Wildman–Crippen LogP) is 12.5. The molecule has 0 spiro atoms. The van der Waals surface area contributed by atoms with E-state index in [2.05, 4.69) is 176 Å². The number of para-hydroxylation sites is 2. The van der Waals surface area contributed by atoms with Crippen molar-refractivity contribution < 1.29 is 0 Å². The lowest BCUT2D eigenvalue weighted by Crippen LogP contribution is -2.00. The highest BCUT2D eigenvalue weighted by Crippen LogP contribution is 2.45. The molecule has 8 aromatic rings. The number of imidazole rings is 1. The van der Waals surface area contributed by atoms with E-state index in [1.54, 1.807) is 6.08 Å². The third-order valence-electron chi connectivity index (χ3n) is 9.15. The summed E-state index contributed by atoms with van der Waals surface area (Å²) < 4.78 is 2.25. The van der Waals surface area contributed by atoms with Gasteiger partial charge in [-0.05, 0) is 92.2 Å². The molecule has 48 heavy (non-hydrogen) atoms. The monoisotopic (exact) mass is 614 g/mol. The van der Waals surface area contributed by atoms with Crippen LogP contribution in [-0.2, 0) is 0 Å². The van der Waals surface area contributed by atoms with Gasteiger partial charge in [0.1, 0.15) is 5.82 Å². The number of hydrogen-bond acceptors (Lipinski definition) is 1. The standard InChI is InChI=1S/C46H34N2/c1-3-5-16-32(4-2)46-47-42-23-14-15-24-43(42)48(46)37-28-25-35(26-29-37)45-39-22-13-12-21-38(39)44(34-19-10-7-11-20-34)40-30-27-36(31-41(40)45)33-17-8-6-9-18-33/h3-31H,1H2,2H3/b16-5-,32-4+. The van der Waals surface area contributed by atoms with Crippen molar-refractivity contribution in [2.24, 2.45) is 0 Å². The molecule has 0 bridgehead atoms. The van der Waals surface area contributed by atoms with Crippen molar-refractivity contribution in [2.75, 3.05) is 0 Å². The maximum Gasteiger partial charge on any atom is 0.145 e. The van der Waals surface area contributed by atoms with Gasteiger partial charge in [0.05, 0.1) is 11.0 Å². The van der Waals surface area contributed by atoms with Crippen molar-refractivity contribution in [3.05, 3.63) is 188 Å². The molecule has 0 N–H and O–H groups in total. The summed E-state index contributed by atoms with van der Waals surface area (Å²) in [5, 5.41) is 4.97. The fraction of sp³-hybridized carbons (Fsp3) is 0.0217. The lowest BCUT2D eigenvalue weighted by atomic mass is 9.85. The second-order valence-electron chi connectivity index (χ2n) is 11.9. The Kier molecular flexibility index (Phi) is 7.60. The topological polar surface area (TPSA) is 17.8 Å². The fourth-order valence-corrected chi connectivity index (χ4v) is 6.95. The van der Waals surface area contributed by atoms with Gasteiger partial charge in [-0.25, -0.2) is 4.98 Å². The molecule has 0 aliphatic carbocycles. The molecule has 8 rings (SSSR count). The quantitative estimate of drug-likeness (QED) is 0.129. The number of aromatic nitrogens is 2. The Bertz CT molecular complexity index is 2500. The number of fused-ring (bicyclic) bond motifs is 3. The Balaban J connectivity index is 1.38. The molecule has 0 atom stereocenters. The minimum Gasteiger partial charge on any atom is -0.292 e. The molecule has 228 valence electrons. The van der Waals surface area contributed by atoms with Crippen molar-refractivity contribution in [3.63, 3.8) is 0 Å². The maximum atomic E-state index is 5.06. The molecule has 0 saturated carbocycles. The van der Waals surface area contributed by atoms with Gasteiger partial charge in [-0.2, -0.15) is 0 Å². The smallest absolute Gasteiger partial charge is 0.145 e. The summed E-state index contributed by atoms with van der Waals surface area (Å²) in [5.41, 5.74) is 11.4. The number of allylic oxidation sites excluding steroid dienone is 5. The molecule has 0 aliphatic heterocycles. The van der Waals surface area contributed by atoms with Crippen molar-refractivity contribution in [1.29, 1.82) is 0 Å². The van der Waals surface area contributed by atoms with E-state index in [4.69, 9.17) is 4.98 Å². The molecule has 1 heterocycles. The summed E-state index contributed by atoms with van der Waals surface area (Å²) in [5.74, 6) is 0.903. The third-order valence-corrected chi connectivity index (χ3v) is 9.15. The molecule has 1 aromatic heterocycles. The highest BCUT2D eigenvalue weighted by Gasteiger charge is 2.19. The fourth-order valence-electron chi connectivity index (χ4n) is 6.95. The van der Waals surface area contributed by atoms with Crippen LogP contribution in [0.15, 0.2) is 183 Å². The van der Waals surface area contributed by atoms with E-state index in [1.807, 2.05) is 12.1 Å². The molecular formula is C46H34N2. The van der Waals surface area contributed by atoms with E-state index >= 15 is 0 Å². The number of hydrogen-bond donors (Lipinski definition) is 0. The third kappa shape index (κ3) is 5.05.